The zero-order chi connectivity index (χ0) is 24.9. The monoisotopic (exact) mass is 467 g/mol. The number of nitrogens with zero attached hydrogens (tertiary/aromatic N) is 1. The van der Waals surface area contributed by atoms with Crippen LogP contribution in [0.3, 0.4) is 0 Å². The van der Waals surface area contributed by atoms with Crippen molar-refractivity contribution in [1.82, 2.24) is 15.5 Å². The number of carboxylic acids is 1. The average molecular weight is 468 g/mol. The van der Waals surface area contributed by atoms with Gasteiger partial charge in [0.15, 0.2) is 0 Å². The van der Waals surface area contributed by atoms with Crippen molar-refractivity contribution in [3.05, 3.63) is 59.7 Å². The summed E-state index contributed by atoms with van der Waals surface area (Å²) >= 11 is 0. The number of nitrogens with one attached hydrogen (secondary N) is 2. The maximum Gasteiger partial charge on any atom is 0.408 e. The maximum absolute atomic E-state index is 13.0. The number of carbonyl (C=O) groups excluding carboxylic acids is 2. The summed E-state index contributed by atoms with van der Waals surface area (Å²) in [5.74, 6) is -1.79. The first kappa shape index (κ1) is 25.2. The molecule has 34 heavy (non-hydrogen) atoms. The Morgan fingerprint density at radius 2 is 1.62 bits per heavy atom. The fourth-order valence-electron chi connectivity index (χ4n) is 4.46. The number of aliphatic carboxylic acids is 1. The summed E-state index contributed by atoms with van der Waals surface area (Å²) in [6.45, 7) is 3.73. The zero-order valence-electron chi connectivity index (χ0n) is 20.1. The van der Waals surface area contributed by atoms with Crippen LogP contribution < -0.4 is 10.6 Å². The van der Waals surface area contributed by atoms with Crippen LogP contribution in [0.25, 0.3) is 11.1 Å². The molecule has 1 aliphatic rings. The number of alkyl carbamates (subject to hydrolysis) is 1. The first-order chi connectivity index (χ1) is 16.2. The summed E-state index contributed by atoms with van der Waals surface area (Å²) in [6.07, 6.45) is 0.225. The summed E-state index contributed by atoms with van der Waals surface area (Å²) in [5, 5.41) is 14.7. The fourth-order valence-corrected chi connectivity index (χ4v) is 4.46. The van der Waals surface area contributed by atoms with Crippen molar-refractivity contribution in [2.24, 2.45) is 0 Å². The van der Waals surface area contributed by atoms with Gasteiger partial charge in [-0.1, -0.05) is 61.9 Å². The van der Waals surface area contributed by atoms with Gasteiger partial charge in [0.2, 0.25) is 5.91 Å². The van der Waals surface area contributed by atoms with Crippen LogP contribution in [0.5, 0.6) is 0 Å². The largest absolute Gasteiger partial charge is 0.480 e. The van der Waals surface area contributed by atoms with Crippen LogP contribution >= 0.6 is 0 Å². The van der Waals surface area contributed by atoms with Crippen LogP contribution in [0.1, 0.15) is 43.7 Å². The molecule has 0 saturated carbocycles. The Bertz CT molecular complexity index is 1010. The second-order valence-electron chi connectivity index (χ2n) is 9.16. The minimum Gasteiger partial charge on any atom is -0.480 e. The molecule has 8 heteroatoms. The number of ether oxygens (including phenoxy) is 1. The highest BCUT2D eigenvalue weighted by Crippen LogP contribution is 2.44. The third-order valence-electron chi connectivity index (χ3n) is 6.12. The first-order valence-corrected chi connectivity index (χ1v) is 11.5. The molecule has 0 fully saturated rings. The predicted octanol–water partition coefficient (Wildman–Crippen LogP) is 3.21. The van der Waals surface area contributed by atoms with E-state index in [0.717, 1.165) is 22.3 Å². The minimum absolute atomic E-state index is 0.0964. The molecule has 8 nitrogen and oxygen atoms in total. The number of hydrogen-bond acceptors (Lipinski definition) is 5. The molecule has 182 valence electrons. The van der Waals surface area contributed by atoms with Gasteiger partial charge in [-0.25, -0.2) is 9.59 Å². The molecule has 0 bridgehead atoms. The molecule has 0 aromatic heterocycles. The Morgan fingerprint density at radius 1 is 1.06 bits per heavy atom. The topological polar surface area (TPSA) is 108 Å². The van der Waals surface area contributed by atoms with Crippen molar-refractivity contribution < 1.29 is 24.2 Å². The number of hydrogen-bond donors (Lipinski definition) is 3. The summed E-state index contributed by atoms with van der Waals surface area (Å²) in [7, 11) is 3.45. The van der Waals surface area contributed by atoms with E-state index in [9.17, 15) is 19.5 Å². The smallest absolute Gasteiger partial charge is 0.408 e. The molecule has 2 atom stereocenters. The molecule has 0 heterocycles. The molecule has 2 aromatic carbocycles. The summed E-state index contributed by atoms with van der Waals surface area (Å²) < 4.78 is 5.59. The summed E-state index contributed by atoms with van der Waals surface area (Å²) in [6, 6.07) is 15.0. The van der Waals surface area contributed by atoms with Crippen molar-refractivity contribution in [1.29, 1.82) is 0 Å². The maximum atomic E-state index is 13.0. The fraction of sp³-hybridized carbons (Fsp3) is 0.423. The second kappa shape index (κ2) is 10.7. The Kier molecular flexibility index (Phi) is 7.94. The molecular formula is C26H33N3O5. The second-order valence-corrected chi connectivity index (χ2v) is 9.16. The lowest BCUT2D eigenvalue weighted by molar-refractivity contribution is -0.143. The van der Waals surface area contributed by atoms with E-state index in [1.54, 1.807) is 25.9 Å². The SMILES string of the molecule is CCCC(C)(NC(=O)OCC1c2ccccc2-c2ccccc21)C(=O)NC(CN(C)C)C(=O)O. The molecule has 3 N–H and O–H groups in total. The van der Waals surface area contributed by atoms with Gasteiger partial charge in [-0.3, -0.25) is 4.79 Å². The quantitative estimate of drug-likeness (QED) is 0.495. The number of carbonyl (C=O) groups is 3. The van der Waals surface area contributed by atoms with Gasteiger partial charge in [0.05, 0.1) is 0 Å². The van der Waals surface area contributed by atoms with Crippen molar-refractivity contribution in [3.63, 3.8) is 0 Å². The minimum atomic E-state index is -1.31. The van der Waals surface area contributed by atoms with Gasteiger partial charge in [0.1, 0.15) is 18.2 Å². The zero-order valence-corrected chi connectivity index (χ0v) is 20.1. The van der Waals surface area contributed by atoms with Gasteiger partial charge in [-0.2, -0.15) is 0 Å². The predicted molar refractivity (Wildman–Crippen MR) is 130 cm³/mol. The highest BCUT2D eigenvalue weighted by Gasteiger charge is 2.37. The van der Waals surface area contributed by atoms with Crippen LogP contribution in [-0.2, 0) is 14.3 Å². The van der Waals surface area contributed by atoms with E-state index >= 15 is 0 Å². The number of fused-ring (bicyclic) bond motifs is 3. The third kappa shape index (κ3) is 5.56. The van der Waals surface area contributed by atoms with Gasteiger partial charge in [-0.15, -0.1) is 0 Å². The van der Waals surface area contributed by atoms with E-state index in [1.165, 1.54) is 0 Å². The Hall–Kier alpha value is -3.39. The summed E-state index contributed by atoms with van der Waals surface area (Å²) in [5.41, 5.74) is 3.14. The number of carboxylic acid groups (broad SMARTS) is 1. The normalized spacial score (nSPS) is 15.1. The van der Waals surface area contributed by atoms with Gasteiger partial charge in [0.25, 0.3) is 0 Å². The van der Waals surface area contributed by atoms with E-state index in [4.69, 9.17) is 4.74 Å². The van der Waals surface area contributed by atoms with E-state index in [1.807, 2.05) is 43.3 Å². The van der Waals surface area contributed by atoms with Crippen molar-refractivity contribution in [2.45, 2.75) is 44.2 Å². The summed E-state index contributed by atoms with van der Waals surface area (Å²) in [4.78, 5) is 39.0. The lowest BCUT2D eigenvalue weighted by atomic mass is 9.94. The molecular weight excluding hydrogens is 434 g/mol. The first-order valence-electron chi connectivity index (χ1n) is 11.5. The highest BCUT2D eigenvalue weighted by molar-refractivity contribution is 5.92. The van der Waals surface area contributed by atoms with Crippen LogP contribution in [0.15, 0.2) is 48.5 Å². The lowest BCUT2D eigenvalue weighted by Gasteiger charge is -2.31. The molecule has 0 spiro atoms. The number of rotatable bonds is 10. The van der Waals surface area contributed by atoms with E-state index in [2.05, 4.69) is 22.8 Å². The van der Waals surface area contributed by atoms with Crippen molar-refractivity contribution >= 4 is 18.0 Å². The molecule has 1 aliphatic carbocycles. The lowest BCUT2D eigenvalue weighted by Crippen LogP contribution is -2.60. The van der Waals surface area contributed by atoms with Crippen molar-refractivity contribution in [2.75, 3.05) is 27.2 Å². The standard InChI is InChI=1S/C26H33N3O5/c1-5-14-26(2,24(32)27-22(23(30)31)15-29(3)4)28-25(33)34-16-21-19-12-8-6-10-17(19)18-11-7-9-13-20(18)21/h6-13,21-22H,5,14-16H2,1-4H3,(H,27,32)(H,28,33)(H,30,31). The molecule has 3 rings (SSSR count). The molecule has 0 aliphatic heterocycles. The van der Waals surface area contributed by atoms with E-state index < -0.39 is 29.6 Å². The average Bonchev–Trinajstić information content (AvgIpc) is 3.10. The third-order valence-corrected chi connectivity index (χ3v) is 6.12. The Labute approximate surface area is 200 Å². The highest BCUT2D eigenvalue weighted by atomic mass is 16.5. The Morgan fingerprint density at radius 3 is 2.12 bits per heavy atom. The number of likely N-dealkylation sites (N-methyl/N-ethyl adjacent to an activating group) is 1. The number of amides is 2. The van der Waals surface area contributed by atoms with Crippen LogP contribution in [0, 0.1) is 0 Å². The van der Waals surface area contributed by atoms with Gasteiger partial charge in [-0.05, 0) is 49.7 Å². The molecule has 2 unspecified atom stereocenters. The van der Waals surface area contributed by atoms with E-state index in [-0.39, 0.29) is 19.1 Å². The van der Waals surface area contributed by atoms with Gasteiger partial charge < -0.3 is 25.4 Å². The molecule has 0 radical (unpaired) electrons. The van der Waals surface area contributed by atoms with Crippen LogP contribution in [-0.4, -0.2) is 66.8 Å². The number of benzene rings is 2. The molecule has 2 aromatic rings. The van der Waals surface area contributed by atoms with Crippen LogP contribution in [0.2, 0.25) is 0 Å². The van der Waals surface area contributed by atoms with Gasteiger partial charge in [0, 0.05) is 12.5 Å². The van der Waals surface area contributed by atoms with Gasteiger partial charge >= 0.3 is 12.1 Å². The molecule has 2 amide bonds. The Balaban J connectivity index is 1.69. The van der Waals surface area contributed by atoms with Crippen molar-refractivity contribution in [3.8, 4) is 11.1 Å². The van der Waals surface area contributed by atoms with Crippen LogP contribution in [0.4, 0.5) is 4.79 Å². The van der Waals surface area contributed by atoms with E-state index in [0.29, 0.717) is 12.8 Å². The molecule has 0 saturated heterocycles.